The molecule has 1 fully saturated rings. The second-order valence-electron chi connectivity index (χ2n) is 5.41. The van der Waals surface area contributed by atoms with Gasteiger partial charge in [0.2, 0.25) is 0 Å². The van der Waals surface area contributed by atoms with E-state index in [1.807, 2.05) is 6.07 Å². The van der Waals surface area contributed by atoms with Gasteiger partial charge in [-0.3, -0.25) is 0 Å². The molecule has 2 aromatic rings. The van der Waals surface area contributed by atoms with Crippen molar-refractivity contribution < 1.29 is 13.2 Å². The summed E-state index contributed by atoms with van der Waals surface area (Å²) in [7, 11) is 0. The minimum absolute atomic E-state index is 0.326. The minimum atomic E-state index is -4.26. The molecular weight excluding hydrogens is 295 g/mol. The summed E-state index contributed by atoms with van der Waals surface area (Å²) in [5, 5.41) is 5.55. The zero-order valence-corrected chi connectivity index (χ0v) is 12.2. The van der Waals surface area contributed by atoms with E-state index in [4.69, 9.17) is 0 Å². The fourth-order valence-electron chi connectivity index (χ4n) is 2.44. The highest BCUT2D eigenvalue weighted by Crippen LogP contribution is 2.42. The molecule has 112 valence electrons. The quantitative estimate of drug-likeness (QED) is 0.818. The normalized spacial score (nSPS) is 16.9. The van der Waals surface area contributed by atoms with E-state index in [-0.39, 0.29) is 0 Å². The highest BCUT2D eigenvalue weighted by Gasteiger charge is 2.33. The third-order valence-corrected chi connectivity index (χ3v) is 4.71. The largest absolute Gasteiger partial charge is 0.416 e. The van der Waals surface area contributed by atoms with Crippen molar-refractivity contribution in [3.63, 3.8) is 0 Å². The molecule has 3 rings (SSSR count). The first kappa shape index (κ1) is 14.6. The number of thiophene rings is 1. The summed E-state index contributed by atoms with van der Waals surface area (Å²) in [4.78, 5) is 1.31. The summed E-state index contributed by atoms with van der Waals surface area (Å²) >= 11 is 1.73. The summed E-state index contributed by atoms with van der Waals surface area (Å²) in [6.45, 7) is 0.594. The van der Waals surface area contributed by atoms with Gasteiger partial charge in [0, 0.05) is 17.5 Å². The Balaban J connectivity index is 1.64. The van der Waals surface area contributed by atoms with Gasteiger partial charge in [-0.05, 0) is 47.9 Å². The van der Waals surface area contributed by atoms with Gasteiger partial charge in [-0.15, -0.1) is 11.3 Å². The molecule has 1 N–H and O–H groups in total. The van der Waals surface area contributed by atoms with Crippen molar-refractivity contribution in [1.29, 1.82) is 0 Å². The first-order valence-corrected chi connectivity index (χ1v) is 7.85. The Morgan fingerprint density at radius 1 is 1.14 bits per heavy atom. The molecule has 1 nitrogen and oxygen atoms in total. The van der Waals surface area contributed by atoms with E-state index in [0.29, 0.717) is 18.5 Å². The molecule has 0 radical (unpaired) electrons. The lowest BCUT2D eigenvalue weighted by Gasteiger charge is -2.17. The van der Waals surface area contributed by atoms with Crippen LogP contribution in [0.5, 0.6) is 0 Å². The van der Waals surface area contributed by atoms with Crippen molar-refractivity contribution in [3.05, 3.63) is 57.8 Å². The van der Waals surface area contributed by atoms with Gasteiger partial charge in [0.15, 0.2) is 0 Å². The van der Waals surface area contributed by atoms with Gasteiger partial charge in [-0.2, -0.15) is 13.2 Å². The predicted molar refractivity (Wildman–Crippen MR) is 78.1 cm³/mol. The molecule has 0 amide bonds. The van der Waals surface area contributed by atoms with Crippen molar-refractivity contribution in [2.75, 3.05) is 0 Å². The SMILES string of the molecule is FC(F)(F)c1ccc(CNC(c2cccs2)C2CC2)cc1. The van der Waals surface area contributed by atoms with E-state index in [9.17, 15) is 13.2 Å². The Morgan fingerprint density at radius 3 is 2.38 bits per heavy atom. The molecule has 1 atom stereocenters. The molecule has 1 saturated carbocycles. The molecule has 1 heterocycles. The Labute approximate surface area is 125 Å². The highest BCUT2D eigenvalue weighted by atomic mass is 32.1. The predicted octanol–water partition coefficient (Wildman–Crippen LogP) is 5.01. The van der Waals surface area contributed by atoms with Gasteiger partial charge in [0.25, 0.3) is 0 Å². The Kier molecular flexibility index (Phi) is 4.04. The van der Waals surface area contributed by atoms with Crippen LogP contribution in [0.25, 0.3) is 0 Å². The molecule has 0 spiro atoms. The summed E-state index contributed by atoms with van der Waals surface area (Å²) in [5.74, 6) is 0.665. The van der Waals surface area contributed by atoms with Crippen LogP contribution in [0.15, 0.2) is 41.8 Å². The van der Waals surface area contributed by atoms with Crippen molar-refractivity contribution >= 4 is 11.3 Å². The second kappa shape index (κ2) is 5.81. The monoisotopic (exact) mass is 311 g/mol. The standard InChI is InChI=1S/C16H16F3NS/c17-16(18,19)13-7-3-11(4-8-13)10-20-15(12-5-6-12)14-2-1-9-21-14/h1-4,7-9,12,15,20H,5-6,10H2. The number of rotatable bonds is 5. The molecule has 0 aliphatic heterocycles. The third-order valence-electron chi connectivity index (χ3n) is 3.75. The first-order valence-electron chi connectivity index (χ1n) is 6.97. The molecule has 1 aliphatic carbocycles. The molecule has 1 aromatic carbocycles. The Hall–Kier alpha value is -1.33. The lowest BCUT2D eigenvalue weighted by atomic mass is 10.1. The van der Waals surface area contributed by atoms with E-state index < -0.39 is 11.7 Å². The lowest BCUT2D eigenvalue weighted by Crippen LogP contribution is -2.21. The van der Waals surface area contributed by atoms with Gasteiger partial charge >= 0.3 is 6.18 Å². The molecule has 1 aromatic heterocycles. The summed E-state index contributed by atoms with van der Waals surface area (Å²) < 4.78 is 37.6. The van der Waals surface area contributed by atoms with Crippen LogP contribution in [-0.2, 0) is 12.7 Å². The van der Waals surface area contributed by atoms with Crippen LogP contribution in [0, 0.1) is 5.92 Å². The van der Waals surface area contributed by atoms with Crippen LogP contribution in [0.2, 0.25) is 0 Å². The average molecular weight is 311 g/mol. The maximum absolute atomic E-state index is 12.5. The van der Waals surface area contributed by atoms with Gasteiger partial charge < -0.3 is 5.32 Å². The van der Waals surface area contributed by atoms with E-state index >= 15 is 0 Å². The zero-order valence-electron chi connectivity index (χ0n) is 11.4. The Morgan fingerprint density at radius 2 is 1.86 bits per heavy atom. The van der Waals surface area contributed by atoms with Gasteiger partial charge in [0.1, 0.15) is 0 Å². The topological polar surface area (TPSA) is 12.0 Å². The number of benzene rings is 1. The lowest BCUT2D eigenvalue weighted by molar-refractivity contribution is -0.137. The smallest absolute Gasteiger partial charge is 0.305 e. The van der Waals surface area contributed by atoms with E-state index in [0.717, 1.165) is 17.7 Å². The molecule has 21 heavy (non-hydrogen) atoms. The molecule has 5 heteroatoms. The fourth-order valence-corrected chi connectivity index (χ4v) is 3.33. The van der Waals surface area contributed by atoms with Crippen molar-refractivity contribution in [3.8, 4) is 0 Å². The van der Waals surface area contributed by atoms with Crippen LogP contribution >= 0.6 is 11.3 Å². The second-order valence-corrected chi connectivity index (χ2v) is 6.39. The number of hydrogen-bond acceptors (Lipinski definition) is 2. The number of nitrogens with one attached hydrogen (secondary N) is 1. The van der Waals surface area contributed by atoms with Crippen molar-refractivity contribution in [1.82, 2.24) is 5.32 Å². The van der Waals surface area contributed by atoms with E-state index in [1.165, 1.54) is 17.7 Å². The summed E-state index contributed by atoms with van der Waals surface area (Å²) in [6.07, 6.45) is -1.81. The van der Waals surface area contributed by atoms with E-state index in [1.54, 1.807) is 23.5 Å². The highest BCUT2D eigenvalue weighted by molar-refractivity contribution is 7.10. The number of alkyl halides is 3. The number of halogens is 3. The van der Waals surface area contributed by atoms with Crippen LogP contribution in [0.3, 0.4) is 0 Å². The van der Waals surface area contributed by atoms with Gasteiger partial charge in [-0.25, -0.2) is 0 Å². The van der Waals surface area contributed by atoms with Crippen LogP contribution in [-0.4, -0.2) is 0 Å². The summed E-state index contributed by atoms with van der Waals surface area (Å²) in [5.41, 5.74) is 0.286. The molecule has 1 unspecified atom stereocenters. The van der Waals surface area contributed by atoms with Crippen LogP contribution < -0.4 is 5.32 Å². The number of hydrogen-bond donors (Lipinski definition) is 1. The van der Waals surface area contributed by atoms with Gasteiger partial charge in [0.05, 0.1) is 5.56 Å². The molecule has 1 aliphatic rings. The zero-order chi connectivity index (χ0) is 14.9. The van der Waals surface area contributed by atoms with Crippen molar-refractivity contribution in [2.45, 2.75) is 31.6 Å². The maximum atomic E-state index is 12.5. The molecular formula is C16H16F3NS. The fraction of sp³-hybridized carbons (Fsp3) is 0.375. The van der Waals surface area contributed by atoms with Crippen LogP contribution in [0.1, 0.15) is 34.9 Å². The Bertz CT molecular complexity index is 571. The van der Waals surface area contributed by atoms with E-state index in [2.05, 4.69) is 16.8 Å². The average Bonchev–Trinajstić information content (AvgIpc) is 3.13. The maximum Gasteiger partial charge on any atom is 0.416 e. The first-order chi connectivity index (χ1) is 10.0. The molecule has 0 saturated heterocycles. The van der Waals surface area contributed by atoms with Crippen LogP contribution in [0.4, 0.5) is 13.2 Å². The van der Waals surface area contributed by atoms with Gasteiger partial charge in [-0.1, -0.05) is 18.2 Å². The molecule has 0 bridgehead atoms. The van der Waals surface area contributed by atoms with Crippen molar-refractivity contribution in [2.24, 2.45) is 5.92 Å². The summed E-state index contributed by atoms with van der Waals surface area (Å²) in [6, 6.07) is 9.88. The third kappa shape index (κ3) is 3.66. The minimum Gasteiger partial charge on any atom is -0.305 e.